The van der Waals surface area contributed by atoms with Gasteiger partial charge in [0.05, 0.1) is 6.61 Å². The van der Waals surface area contributed by atoms with E-state index >= 15 is 0 Å². The number of ether oxygens (including phenoxy) is 1. The highest BCUT2D eigenvalue weighted by molar-refractivity contribution is 5.96. The molecule has 23 heavy (non-hydrogen) atoms. The molecule has 0 bridgehead atoms. The van der Waals surface area contributed by atoms with Gasteiger partial charge in [0.25, 0.3) is 5.91 Å². The monoisotopic (exact) mass is 315 g/mol. The Morgan fingerprint density at radius 1 is 1.39 bits per heavy atom. The summed E-state index contributed by atoms with van der Waals surface area (Å²) in [7, 11) is 0. The summed E-state index contributed by atoms with van der Waals surface area (Å²) in [5.41, 5.74) is 0.0447. The third-order valence-electron chi connectivity index (χ3n) is 4.24. The Hall–Kier alpha value is -2.14. The van der Waals surface area contributed by atoms with Gasteiger partial charge in [-0.25, -0.2) is 4.79 Å². The van der Waals surface area contributed by atoms with Crippen LogP contribution < -0.4 is 5.63 Å². The first-order chi connectivity index (χ1) is 11.2. The minimum absolute atomic E-state index is 0.112. The third-order valence-corrected chi connectivity index (χ3v) is 4.24. The van der Waals surface area contributed by atoms with E-state index in [9.17, 15) is 9.59 Å². The van der Waals surface area contributed by atoms with Crippen LogP contribution in [0.1, 0.15) is 30.1 Å². The molecule has 0 radical (unpaired) electrons. The van der Waals surface area contributed by atoms with Gasteiger partial charge in [-0.05, 0) is 37.8 Å². The quantitative estimate of drug-likeness (QED) is 0.814. The van der Waals surface area contributed by atoms with E-state index in [1.807, 2.05) is 19.1 Å². The zero-order valence-electron chi connectivity index (χ0n) is 13.3. The minimum Gasteiger partial charge on any atom is -0.422 e. The van der Waals surface area contributed by atoms with Crippen LogP contribution in [0.5, 0.6) is 0 Å². The van der Waals surface area contributed by atoms with Crippen molar-refractivity contribution < 1.29 is 13.9 Å². The lowest BCUT2D eigenvalue weighted by Gasteiger charge is -2.32. The fraction of sp³-hybridized carbons (Fsp3) is 0.444. The summed E-state index contributed by atoms with van der Waals surface area (Å²) >= 11 is 0. The zero-order chi connectivity index (χ0) is 16.2. The molecule has 1 aromatic heterocycles. The van der Waals surface area contributed by atoms with Crippen LogP contribution in [-0.2, 0) is 4.74 Å². The van der Waals surface area contributed by atoms with Gasteiger partial charge in [-0.15, -0.1) is 0 Å². The number of amides is 1. The van der Waals surface area contributed by atoms with Crippen molar-refractivity contribution in [1.82, 2.24) is 4.90 Å². The second-order valence-corrected chi connectivity index (χ2v) is 5.90. The van der Waals surface area contributed by atoms with Crippen LogP contribution in [0, 0.1) is 5.92 Å². The molecule has 1 aromatic carbocycles. The molecule has 0 N–H and O–H groups in total. The van der Waals surface area contributed by atoms with Gasteiger partial charge in [0, 0.05) is 25.1 Å². The van der Waals surface area contributed by atoms with E-state index in [0.717, 1.165) is 18.2 Å². The number of fused-ring (bicyclic) bond motifs is 1. The molecule has 0 aliphatic carbocycles. The number of hydrogen-bond donors (Lipinski definition) is 0. The smallest absolute Gasteiger partial charge is 0.349 e. The summed E-state index contributed by atoms with van der Waals surface area (Å²) in [5.74, 6) is 0.0887. The molecule has 5 nitrogen and oxygen atoms in total. The molecule has 1 saturated heterocycles. The normalized spacial score (nSPS) is 18.3. The Labute approximate surface area is 134 Å². The van der Waals surface area contributed by atoms with Gasteiger partial charge in [0.15, 0.2) is 0 Å². The van der Waals surface area contributed by atoms with Crippen LogP contribution in [0.2, 0.25) is 0 Å². The topological polar surface area (TPSA) is 59.8 Å². The predicted molar refractivity (Wildman–Crippen MR) is 87.6 cm³/mol. The van der Waals surface area contributed by atoms with Crippen molar-refractivity contribution in [3.8, 4) is 0 Å². The molecule has 5 heteroatoms. The highest BCUT2D eigenvalue weighted by atomic mass is 16.5. The molecule has 1 fully saturated rings. The Bertz CT molecular complexity index is 752. The van der Waals surface area contributed by atoms with Gasteiger partial charge >= 0.3 is 5.63 Å². The van der Waals surface area contributed by atoms with Crippen LogP contribution in [0.4, 0.5) is 0 Å². The molecule has 122 valence electrons. The molecule has 1 aliphatic rings. The van der Waals surface area contributed by atoms with Gasteiger partial charge in [-0.1, -0.05) is 18.2 Å². The maximum absolute atomic E-state index is 12.7. The number of rotatable bonds is 4. The molecule has 2 aromatic rings. The van der Waals surface area contributed by atoms with Crippen molar-refractivity contribution in [2.75, 3.05) is 26.3 Å². The highest BCUT2D eigenvalue weighted by Crippen LogP contribution is 2.20. The van der Waals surface area contributed by atoms with E-state index in [-0.39, 0.29) is 11.5 Å². The average molecular weight is 315 g/mol. The number of piperidine rings is 1. The van der Waals surface area contributed by atoms with E-state index in [2.05, 4.69) is 0 Å². The zero-order valence-corrected chi connectivity index (χ0v) is 13.3. The molecule has 0 saturated carbocycles. The van der Waals surface area contributed by atoms with Gasteiger partial charge in [0.1, 0.15) is 11.1 Å². The van der Waals surface area contributed by atoms with Crippen LogP contribution in [0.25, 0.3) is 11.0 Å². The Kier molecular flexibility index (Phi) is 4.76. The summed E-state index contributed by atoms with van der Waals surface area (Å²) in [5, 5.41) is 0.762. The maximum Gasteiger partial charge on any atom is 0.349 e. The molecular weight excluding hydrogens is 294 g/mol. The largest absolute Gasteiger partial charge is 0.422 e. The molecule has 1 atom stereocenters. The third kappa shape index (κ3) is 3.45. The lowest BCUT2D eigenvalue weighted by atomic mass is 9.98. The Morgan fingerprint density at radius 2 is 2.22 bits per heavy atom. The van der Waals surface area contributed by atoms with Gasteiger partial charge in [0.2, 0.25) is 0 Å². The molecule has 1 unspecified atom stereocenters. The molecular formula is C18H21NO4. The van der Waals surface area contributed by atoms with Crippen molar-refractivity contribution in [1.29, 1.82) is 0 Å². The van der Waals surface area contributed by atoms with E-state index < -0.39 is 5.63 Å². The summed E-state index contributed by atoms with van der Waals surface area (Å²) in [4.78, 5) is 26.6. The highest BCUT2D eigenvalue weighted by Gasteiger charge is 2.26. The number of likely N-dealkylation sites (tertiary alicyclic amines) is 1. The number of carbonyl (C=O) groups excluding carboxylic acids is 1. The lowest BCUT2D eigenvalue weighted by molar-refractivity contribution is 0.0498. The van der Waals surface area contributed by atoms with Crippen molar-refractivity contribution in [3.05, 3.63) is 46.3 Å². The molecule has 2 heterocycles. The SMILES string of the molecule is CCOCC1CCCN(C(=O)c2cc3ccccc3oc2=O)C1. The average Bonchev–Trinajstić information content (AvgIpc) is 2.59. The van der Waals surface area contributed by atoms with E-state index in [4.69, 9.17) is 9.15 Å². The first kappa shape index (κ1) is 15.7. The van der Waals surface area contributed by atoms with Crippen molar-refractivity contribution in [3.63, 3.8) is 0 Å². The second-order valence-electron chi connectivity index (χ2n) is 5.90. The molecule has 3 rings (SSSR count). The molecule has 1 aliphatic heterocycles. The molecule has 0 spiro atoms. The Morgan fingerprint density at radius 3 is 3.04 bits per heavy atom. The Balaban J connectivity index is 1.82. The number of carbonyl (C=O) groups is 1. The number of hydrogen-bond acceptors (Lipinski definition) is 4. The number of para-hydroxylation sites is 1. The first-order valence-electron chi connectivity index (χ1n) is 8.09. The van der Waals surface area contributed by atoms with Crippen molar-refractivity contribution in [2.24, 2.45) is 5.92 Å². The first-order valence-corrected chi connectivity index (χ1v) is 8.09. The van der Waals surface area contributed by atoms with Gasteiger partial charge < -0.3 is 14.1 Å². The second kappa shape index (κ2) is 6.96. The van der Waals surface area contributed by atoms with Crippen LogP contribution in [0.15, 0.2) is 39.5 Å². The molecule has 1 amide bonds. The van der Waals surface area contributed by atoms with Crippen molar-refractivity contribution in [2.45, 2.75) is 19.8 Å². The van der Waals surface area contributed by atoms with E-state index in [0.29, 0.717) is 37.8 Å². The summed E-state index contributed by atoms with van der Waals surface area (Å²) in [6.07, 6.45) is 1.98. The predicted octanol–water partition coefficient (Wildman–Crippen LogP) is 2.68. The van der Waals surface area contributed by atoms with Crippen molar-refractivity contribution >= 4 is 16.9 Å². The summed E-state index contributed by atoms with van der Waals surface area (Å²) in [6.45, 7) is 4.61. The van der Waals surface area contributed by atoms with E-state index in [1.165, 1.54) is 0 Å². The fourth-order valence-corrected chi connectivity index (χ4v) is 3.05. The van der Waals surface area contributed by atoms with Crippen LogP contribution in [0.3, 0.4) is 0 Å². The van der Waals surface area contributed by atoms with Crippen LogP contribution in [-0.4, -0.2) is 37.1 Å². The summed E-state index contributed by atoms with van der Waals surface area (Å²) < 4.78 is 10.7. The lowest BCUT2D eigenvalue weighted by Crippen LogP contribution is -2.42. The minimum atomic E-state index is -0.569. The van der Waals surface area contributed by atoms with Crippen LogP contribution >= 0.6 is 0 Å². The van der Waals surface area contributed by atoms with Gasteiger partial charge in [-0.3, -0.25) is 4.79 Å². The van der Waals surface area contributed by atoms with Gasteiger partial charge in [-0.2, -0.15) is 0 Å². The summed E-state index contributed by atoms with van der Waals surface area (Å²) in [6, 6.07) is 8.86. The standard InChI is InChI=1S/C18H21NO4/c1-2-22-12-13-6-5-9-19(11-13)17(20)15-10-14-7-3-4-8-16(14)23-18(15)21/h3-4,7-8,10,13H,2,5-6,9,11-12H2,1H3. The number of nitrogens with zero attached hydrogens (tertiary/aromatic N) is 1. The number of benzene rings is 1. The fourth-order valence-electron chi connectivity index (χ4n) is 3.05. The van der Waals surface area contributed by atoms with E-state index in [1.54, 1.807) is 23.1 Å². The maximum atomic E-state index is 12.7.